The van der Waals surface area contributed by atoms with Crippen LogP contribution in [0.5, 0.6) is 0 Å². The molecule has 0 N–H and O–H groups in total. The van der Waals surface area contributed by atoms with Gasteiger partial charge in [-0.2, -0.15) is 5.26 Å². The number of benzene rings is 1. The summed E-state index contributed by atoms with van der Waals surface area (Å²) in [6.45, 7) is 4.86. The van der Waals surface area contributed by atoms with Crippen LogP contribution in [0.15, 0.2) is 30.3 Å². The van der Waals surface area contributed by atoms with Crippen LogP contribution in [-0.4, -0.2) is 13.6 Å². The monoisotopic (exact) mass is 202 g/mol. The molecule has 0 heterocycles. The van der Waals surface area contributed by atoms with Crippen molar-refractivity contribution in [1.82, 2.24) is 0 Å². The Morgan fingerprint density at radius 2 is 1.87 bits per heavy atom. The van der Waals surface area contributed by atoms with Crippen LogP contribution >= 0.6 is 0 Å². The summed E-state index contributed by atoms with van der Waals surface area (Å²) in [6.07, 6.45) is 0.884. The van der Waals surface area contributed by atoms with Gasteiger partial charge in [-0.05, 0) is 32.4 Å². The summed E-state index contributed by atoms with van der Waals surface area (Å²) in [5, 5.41) is 8.91. The highest BCUT2D eigenvalue weighted by atomic mass is 15.1. The maximum absolute atomic E-state index is 8.91. The number of para-hydroxylation sites is 1. The summed E-state index contributed by atoms with van der Waals surface area (Å²) < 4.78 is 0. The van der Waals surface area contributed by atoms with Crippen molar-refractivity contribution in [3.05, 3.63) is 30.3 Å². The predicted molar refractivity (Wildman–Crippen MR) is 63.7 cm³/mol. The fraction of sp³-hybridized carbons (Fsp3) is 0.462. The summed E-state index contributed by atoms with van der Waals surface area (Å²) in [5.74, 6) is 0. The highest BCUT2D eigenvalue weighted by molar-refractivity contribution is 5.44. The molecule has 15 heavy (non-hydrogen) atoms. The van der Waals surface area contributed by atoms with Crippen molar-refractivity contribution < 1.29 is 0 Å². The number of nitriles is 1. The molecule has 1 aromatic rings. The van der Waals surface area contributed by atoms with Gasteiger partial charge >= 0.3 is 0 Å². The zero-order chi connectivity index (χ0) is 11.3. The standard InChI is InChI=1S/C13H18N2/c1-13(2,11-14)9-10-15(3)12-7-5-4-6-8-12/h4-8H,9-10H2,1-3H3. The predicted octanol–water partition coefficient (Wildman–Crippen LogP) is 3.06. The Bertz CT molecular complexity index is 335. The molecule has 0 saturated heterocycles. The van der Waals surface area contributed by atoms with Crippen LogP contribution in [0.4, 0.5) is 5.69 Å². The number of hydrogen-bond acceptors (Lipinski definition) is 2. The van der Waals surface area contributed by atoms with Gasteiger partial charge in [0.25, 0.3) is 0 Å². The van der Waals surface area contributed by atoms with Crippen LogP contribution in [0.3, 0.4) is 0 Å². The lowest BCUT2D eigenvalue weighted by atomic mass is 9.91. The van der Waals surface area contributed by atoms with E-state index in [1.807, 2.05) is 32.0 Å². The average Bonchev–Trinajstić information content (AvgIpc) is 2.27. The van der Waals surface area contributed by atoms with Gasteiger partial charge in [-0.1, -0.05) is 18.2 Å². The highest BCUT2D eigenvalue weighted by Gasteiger charge is 2.16. The minimum Gasteiger partial charge on any atom is -0.375 e. The van der Waals surface area contributed by atoms with Gasteiger partial charge in [-0.3, -0.25) is 0 Å². The van der Waals surface area contributed by atoms with Crippen LogP contribution in [0.1, 0.15) is 20.3 Å². The van der Waals surface area contributed by atoms with Crippen molar-refractivity contribution >= 4 is 5.69 Å². The molecular formula is C13H18N2. The zero-order valence-corrected chi connectivity index (χ0v) is 9.70. The van der Waals surface area contributed by atoms with Crippen molar-refractivity contribution in [2.24, 2.45) is 5.41 Å². The second kappa shape index (κ2) is 4.84. The van der Waals surface area contributed by atoms with Crippen LogP contribution in [-0.2, 0) is 0 Å². The van der Waals surface area contributed by atoms with E-state index in [1.165, 1.54) is 5.69 Å². The minimum absolute atomic E-state index is 0.233. The first-order chi connectivity index (χ1) is 7.05. The molecule has 0 aliphatic carbocycles. The van der Waals surface area contributed by atoms with Gasteiger partial charge in [0.1, 0.15) is 0 Å². The van der Waals surface area contributed by atoms with Gasteiger partial charge in [0.05, 0.1) is 11.5 Å². The number of anilines is 1. The zero-order valence-electron chi connectivity index (χ0n) is 9.70. The van der Waals surface area contributed by atoms with E-state index in [-0.39, 0.29) is 5.41 Å². The van der Waals surface area contributed by atoms with E-state index >= 15 is 0 Å². The lowest BCUT2D eigenvalue weighted by Gasteiger charge is -2.23. The average molecular weight is 202 g/mol. The Balaban J connectivity index is 2.52. The van der Waals surface area contributed by atoms with Crippen molar-refractivity contribution in [3.8, 4) is 6.07 Å². The topological polar surface area (TPSA) is 27.0 Å². The fourth-order valence-corrected chi connectivity index (χ4v) is 1.31. The minimum atomic E-state index is -0.233. The Kier molecular flexibility index (Phi) is 3.74. The third-order valence-corrected chi connectivity index (χ3v) is 2.57. The molecule has 0 bridgehead atoms. The second-order valence-electron chi connectivity index (χ2n) is 4.50. The van der Waals surface area contributed by atoms with Gasteiger partial charge in [0.15, 0.2) is 0 Å². The van der Waals surface area contributed by atoms with Crippen LogP contribution < -0.4 is 4.90 Å². The molecule has 0 aromatic heterocycles. The summed E-state index contributed by atoms with van der Waals surface area (Å²) >= 11 is 0. The third kappa shape index (κ3) is 3.63. The quantitative estimate of drug-likeness (QED) is 0.750. The molecule has 2 heteroatoms. The van der Waals surface area contributed by atoms with Crippen molar-refractivity contribution in [2.75, 3.05) is 18.5 Å². The Hall–Kier alpha value is -1.49. The van der Waals surface area contributed by atoms with Crippen molar-refractivity contribution in [3.63, 3.8) is 0 Å². The molecule has 80 valence electrons. The number of rotatable bonds is 4. The van der Waals surface area contributed by atoms with Gasteiger partial charge in [0, 0.05) is 19.3 Å². The summed E-state index contributed by atoms with van der Waals surface area (Å²) in [4.78, 5) is 2.18. The summed E-state index contributed by atoms with van der Waals surface area (Å²) in [7, 11) is 2.06. The largest absolute Gasteiger partial charge is 0.375 e. The molecule has 0 atom stereocenters. The van der Waals surface area contributed by atoms with E-state index in [0.717, 1.165) is 13.0 Å². The maximum Gasteiger partial charge on any atom is 0.0684 e. The van der Waals surface area contributed by atoms with Crippen LogP contribution in [0.25, 0.3) is 0 Å². The second-order valence-corrected chi connectivity index (χ2v) is 4.50. The maximum atomic E-state index is 8.91. The highest BCUT2D eigenvalue weighted by Crippen LogP contribution is 2.20. The van der Waals surface area contributed by atoms with Crippen LogP contribution in [0, 0.1) is 16.7 Å². The number of nitrogens with zero attached hydrogens (tertiary/aromatic N) is 2. The summed E-state index contributed by atoms with van der Waals surface area (Å²) in [5.41, 5.74) is 0.967. The first kappa shape index (κ1) is 11.6. The van der Waals surface area contributed by atoms with E-state index in [0.29, 0.717) is 0 Å². The van der Waals surface area contributed by atoms with Crippen LogP contribution in [0.2, 0.25) is 0 Å². The van der Waals surface area contributed by atoms with Crippen molar-refractivity contribution in [1.29, 1.82) is 5.26 Å². The Labute approximate surface area is 92.1 Å². The molecule has 0 saturated carbocycles. The first-order valence-electron chi connectivity index (χ1n) is 5.22. The molecule has 2 nitrogen and oxygen atoms in total. The van der Waals surface area contributed by atoms with Gasteiger partial charge in [0.2, 0.25) is 0 Å². The van der Waals surface area contributed by atoms with Gasteiger partial charge in [-0.15, -0.1) is 0 Å². The van der Waals surface area contributed by atoms with E-state index < -0.39 is 0 Å². The molecular weight excluding hydrogens is 184 g/mol. The third-order valence-electron chi connectivity index (χ3n) is 2.57. The lowest BCUT2D eigenvalue weighted by Crippen LogP contribution is -2.23. The lowest BCUT2D eigenvalue weighted by molar-refractivity contribution is 0.455. The Morgan fingerprint density at radius 3 is 2.40 bits per heavy atom. The number of hydrogen-bond donors (Lipinski definition) is 0. The van der Waals surface area contributed by atoms with Gasteiger partial charge in [-0.25, -0.2) is 0 Å². The molecule has 0 aliphatic heterocycles. The molecule has 1 rings (SSSR count). The normalized spacial score (nSPS) is 10.8. The van der Waals surface area contributed by atoms with E-state index in [2.05, 4.69) is 30.1 Å². The van der Waals surface area contributed by atoms with E-state index in [4.69, 9.17) is 5.26 Å². The SMILES string of the molecule is CN(CCC(C)(C)C#N)c1ccccc1. The van der Waals surface area contributed by atoms with E-state index in [9.17, 15) is 0 Å². The first-order valence-corrected chi connectivity index (χ1v) is 5.22. The molecule has 0 amide bonds. The molecule has 0 radical (unpaired) electrons. The summed E-state index contributed by atoms with van der Waals surface area (Å²) in [6, 6.07) is 12.6. The molecule has 0 spiro atoms. The Morgan fingerprint density at radius 1 is 1.27 bits per heavy atom. The molecule has 0 fully saturated rings. The van der Waals surface area contributed by atoms with Gasteiger partial charge < -0.3 is 4.90 Å². The molecule has 1 aromatic carbocycles. The van der Waals surface area contributed by atoms with E-state index in [1.54, 1.807) is 0 Å². The molecule has 0 aliphatic rings. The fourth-order valence-electron chi connectivity index (χ4n) is 1.31. The van der Waals surface area contributed by atoms with Crippen molar-refractivity contribution in [2.45, 2.75) is 20.3 Å². The smallest absolute Gasteiger partial charge is 0.0684 e. The molecule has 0 unspecified atom stereocenters.